The third kappa shape index (κ3) is 3.53. The van der Waals surface area contributed by atoms with Crippen LogP contribution in [-0.2, 0) is 0 Å². The van der Waals surface area contributed by atoms with Crippen LogP contribution in [0.3, 0.4) is 0 Å². The number of aromatic nitrogens is 2. The van der Waals surface area contributed by atoms with Crippen LogP contribution in [0.2, 0.25) is 0 Å². The molecule has 0 saturated heterocycles. The first-order valence-corrected chi connectivity index (χ1v) is 8.11. The first-order chi connectivity index (χ1) is 10.2. The Morgan fingerprint density at radius 1 is 1.19 bits per heavy atom. The number of halogens is 1. The second-order valence-corrected chi connectivity index (χ2v) is 6.24. The molecule has 2 aromatic rings. The standard InChI is InChI=1S/C16H19BrN4/c1-3-18-14-9-15(21-16(20-14)11-5-6-11)19-12-7-4-10(2)13(17)8-12/h4,7-9,11H,3,5-6H2,1-2H3,(H2,18,19,20,21). The van der Waals surface area contributed by atoms with Crippen LogP contribution in [0.4, 0.5) is 17.3 Å². The van der Waals surface area contributed by atoms with Gasteiger partial charge in [0.1, 0.15) is 17.5 Å². The summed E-state index contributed by atoms with van der Waals surface area (Å²) in [5.74, 6) is 3.22. The maximum Gasteiger partial charge on any atom is 0.136 e. The molecule has 2 N–H and O–H groups in total. The van der Waals surface area contributed by atoms with Gasteiger partial charge in [-0.15, -0.1) is 0 Å². The Labute approximate surface area is 133 Å². The fraction of sp³-hybridized carbons (Fsp3) is 0.375. The summed E-state index contributed by atoms with van der Waals surface area (Å²) in [6.45, 7) is 5.01. The molecule has 1 aliphatic carbocycles. The van der Waals surface area contributed by atoms with Gasteiger partial charge in [0.2, 0.25) is 0 Å². The molecule has 3 rings (SSSR count). The first-order valence-electron chi connectivity index (χ1n) is 7.31. The van der Waals surface area contributed by atoms with Crippen LogP contribution in [0.25, 0.3) is 0 Å². The van der Waals surface area contributed by atoms with Crippen LogP contribution in [0, 0.1) is 6.92 Å². The molecule has 0 bridgehead atoms. The minimum Gasteiger partial charge on any atom is -0.370 e. The summed E-state index contributed by atoms with van der Waals surface area (Å²) in [6.07, 6.45) is 2.40. The number of rotatable bonds is 5. The Morgan fingerprint density at radius 3 is 2.62 bits per heavy atom. The van der Waals surface area contributed by atoms with E-state index in [2.05, 4.69) is 68.6 Å². The van der Waals surface area contributed by atoms with Crippen LogP contribution in [-0.4, -0.2) is 16.5 Å². The summed E-state index contributed by atoms with van der Waals surface area (Å²) in [5, 5.41) is 6.65. The van der Waals surface area contributed by atoms with Crippen molar-refractivity contribution in [3.63, 3.8) is 0 Å². The van der Waals surface area contributed by atoms with Gasteiger partial charge in [0, 0.05) is 28.7 Å². The molecule has 4 nitrogen and oxygen atoms in total. The van der Waals surface area contributed by atoms with Crippen LogP contribution in [0.15, 0.2) is 28.7 Å². The van der Waals surface area contributed by atoms with Crippen LogP contribution in [0.1, 0.15) is 37.1 Å². The number of nitrogens with one attached hydrogen (secondary N) is 2. The van der Waals surface area contributed by atoms with Crippen molar-refractivity contribution in [3.05, 3.63) is 40.1 Å². The largest absolute Gasteiger partial charge is 0.370 e. The van der Waals surface area contributed by atoms with Crippen molar-refractivity contribution in [3.8, 4) is 0 Å². The minimum atomic E-state index is 0.536. The third-order valence-corrected chi connectivity index (χ3v) is 4.34. The van der Waals surface area contributed by atoms with E-state index in [4.69, 9.17) is 0 Å². The normalized spacial score (nSPS) is 14.0. The zero-order chi connectivity index (χ0) is 14.8. The van der Waals surface area contributed by atoms with Gasteiger partial charge in [-0.1, -0.05) is 22.0 Å². The van der Waals surface area contributed by atoms with Crippen molar-refractivity contribution < 1.29 is 0 Å². The first kappa shape index (κ1) is 14.3. The van der Waals surface area contributed by atoms with Crippen molar-refractivity contribution in [2.75, 3.05) is 17.2 Å². The molecule has 5 heteroatoms. The molecular formula is C16H19BrN4. The summed E-state index contributed by atoms with van der Waals surface area (Å²) in [7, 11) is 0. The van der Waals surface area contributed by atoms with E-state index in [0.29, 0.717) is 5.92 Å². The Balaban J connectivity index is 1.87. The Morgan fingerprint density at radius 2 is 1.95 bits per heavy atom. The van der Waals surface area contributed by atoms with E-state index in [-0.39, 0.29) is 0 Å². The number of nitrogens with zero attached hydrogens (tertiary/aromatic N) is 2. The summed E-state index contributed by atoms with van der Waals surface area (Å²) in [4.78, 5) is 9.23. The summed E-state index contributed by atoms with van der Waals surface area (Å²) < 4.78 is 1.09. The maximum absolute atomic E-state index is 4.65. The Hall–Kier alpha value is -1.62. The van der Waals surface area contributed by atoms with Crippen molar-refractivity contribution in [1.29, 1.82) is 0 Å². The van der Waals surface area contributed by atoms with Crippen molar-refractivity contribution in [2.45, 2.75) is 32.6 Å². The Kier molecular flexibility index (Phi) is 4.10. The van der Waals surface area contributed by atoms with Crippen LogP contribution < -0.4 is 10.6 Å². The molecular weight excluding hydrogens is 328 g/mol. The van der Waals surface area contributed by atoms with Crippen LogP contribution >= 0.6 is 15.9 Å². The summed E-state index contributed by atoms with van der Waals surface area (Å²) >= 11 is 3.56. The lowest BCUT2D eigenvalue weighted by Crippen LogP contribution is -2.05. The molecule has 0 atom stereocenters. The van der Waals surface area contributed by atoms with Gasteiger partial charge in [-0.05, 0) is 44.4 Å². The smallest absolute Gasteiger partial charge is 0.136 e. The number of aryl methyl sites for hydroxylation is 1. The van der Waals surface area contributed by atoms with Crippen molar-refractivity contribution >= 4 is 33.3 Å². The Bertz CT molecular complexity index is 653. The minimum absolute atomic E-state index is 0.536. The number of hydrogen-bond acceptors (Lipinski definition) is 4. The molecule has 1 aliphatic rings. The fourth-order valence-electron chi connectivity index (χ4n) is 2.14. The summed E-state index contributed by atoms with van der Waals surface area (Å²) in [5.41, 5.74) is 2.24. The lowest BCUT2D eigenvalue weighted by atomic mass is 10.2. The average Bonchev–Trinajstić information content (AvgIpc) is 3.28. The molecule has 1 saturated carbocycles. The van der Waals surface area contributed by atoms with E-state index < -0.39 is 0 Å². The molecule has 1 aromatic carbocycles. The van der Waals surface area contributed by atoms with E-state index in [1.54, 1.807) is 0 Å². The molecule has 0 aliphatic heterocycles. The topological polar surface area (TPSA) is 49.8 Å². The highest BCUT2D eigenvalue weighted by Gasteiger charge is 2.27. The second-order valence-electron chi connectivity index (χ2n) is 5.39. The quantitative estimate of drug-likeness (QED) is 0.830. The molecule has 1 heterocycles. The zero-order valence-electron chi connectivity index (χ0n) is 12.3. The lowest BCUT2D eigenvalue weighted by molar-refractivity contribution is 0.927. The van der Waals surface area contributed by atoms with Gasteiger partial charge in [0.15, 0.2) is 0 Å². The van der Waals surface area contributed by atoms with Crippen molar-refractivity contribution in [2.24, 2.45) is 0 Å². The molecule has 110 valence electrons. The molecule has 0 amide bonds. The maximum atomic E-state index is 4.65. The van der Waals surface area contributed by atoms with Crippen molar-refractivity contribution in [1.82, 2.24) is 9.97 Å². The third-order valence-electron chi connectivity index (χ3n) is 3.49. The van der Waals surface area contributed by atoms with Gasteiger partial charge in [0.05, 0.1) is 0 Å². The monoisotopic (exact) mass is 346 g/mol. The van der Waals surface area contributed by atoms with E-state index in [1.165, 1.54) is 18.4 Å². The molecule has 1 fully saturated rings. The molecule has 21 heavy (non-hydrogen) atoms. The second kappa shape index (κ2) is 6.02. The number of benzene rings is 1. The zero-order valence-corrected chi connectivity index (χ0v) is 13.9. The average molecular weight is 347 g/mol. The highest BCUT2D eigenvalue weighted by Crippen LogP contribution is 2.39. The van der Waals surface area contributed by atoms with Gasteiger partial charge < -0.3 is 10.6 Å². The number of anilines is 3. The van der Waals surface area contributed by atoms with E-state index >= 15 is 0 Å². The molecule has 0 radical (unpaired) electrons. The van der Waals surface area contributed by atoms with Gasteiger partial charge in [-0.3, -0.25) is 0 Å². The molecule has 1 aromatic heterocycles. The van der Waals surface area contributed by atoms with Gasteiger partial charge in [0.25, 0.3) is 0 Å². The van der Waals surface area contributed by atoms with Crippen LogP contribution in [0.5, 0.6) is 0 Å². The predicted molar refractivity (Wildman–Crippen MR) is 90.3 cm³/mol. The van der Waals surface area contributed by atoms with Gasteiger partial charge in [-0.25, -0.2) is 9.97 Å². The van der Waals surface area contributed by atoms with Gasteiger partial charge >= 0.3 is 0 Å². The van der Waals surface area contributed by atoms with E-state index in [9.17, 15) is 0 Å². The predicted octanol–water partition coefficient (Wildman–Crippen LogP) is 4.60. The lowest BCUT2D eigenvalue weighted by Gasteiger charge is -2.11. The fourth-order valence-corrected chi connectivity index (χ4v) is 2.52. The van der Waals surface area contributed by atoms with E-state index in [0.717, 1.165) is 34.2 Å². The SMILES string of the molecule is CCNc1cc(Nc2ccc(C)c(Br)c2)nc(C2CC2)n1. The number of hydrogen-bond donors (Lipinski definition) is 2. The van der Waals surface area contributed by atoms with Gasteiger partial charge in [-0.2, -0.15) is 0 Å². The highest BCUT2D eigenvalue weighted by atomic mass is 79.9. The highest BCUT2D eigenvalue weighted by molar-refractivity contribution is 9.10. The van der Waals surface area contributed by atoms with E-state index in [1.807, 2.05) is 6.07 Å². The summed E-state index contributed by atoms with van der Waals surface area (Å²) in [6, 6.07) is 8.18. The molecule has 0 unspecified atom stereocenters. The molecule has 0 spiro atoms.